The van der Waals surface area contributed by atoms with Crippen LogP contribution < -0.4 is 0 Å². The SMILES string of the molecule is COC(=O)CC1(C)CC2(CCN(C(=O)OC(C)(C)C)CC2)C1. The smallest absolute Gasteiger partial charge is 0.410 e. The molecule has 0 radical (unpaired) electrons. The quantitative estimate of drug-likeness (QED) is 0.734. The fraction of sp³-hybridized carbons (Fsp3) is 0.882. The molecule has 0 N–H and O–H groups in total. The number of piperidine rings is 1. The van der Waals surface area contributed by atoms with Crippen LogP contribution in [0.15, 0.2) is 0 Å². The molecular formula is C17H29NO4. The lowest BCUT2D eigenvalue weighted by Crippen LogP contribution is -2.53. The molecule has 0 unspecified atom stereocenters. The topological polar surface area (TPSA) is 55.8 Å². The maximum absolute atomic E-state index is 12.1. The average Bonchev–Trinajstić information content (AvgIpc) is 2.35. The van der Waals surface area contributed by atoms with Crippen LogP contribution in [0.3, 0.4) is 0 Å². The number of nitrogens with zero attached hydrogens (tertiary/aromatic N) is 1. The van der Waals surface area contributed by atoms with Crippen molar-refractivity contribution in [2.45, 2.75) is 65.4 Å². The monoisotopic (exact) mass is 311 g/mol. The zero-order valence-corrected chi connectivity index (χ0v) is 14.5. The molecule has 1 heterocycles. The Morgan fingerprint density at radius 2 is 1.68 bits per heavy atom. The third-order valence-corrected chi connectivity index (χ3v) is 4.88. The molecule has 5 nitrogen and oxygen atoms in total. The Labute approximate surface area is 133 Å². The Bertz CT molecular complexity index is 436. The minimum atomic E-state index is -0.443. The van der Waals surface area contributed by atoms with Gasteiger partial charge in [0.25, 0.3) is 0 Å². The van der Waals surface area contributed by atoms with Gasteiger partial charge in [0.1, 0.15) is 5.60 Å². The summed E-state index contributed by atoms with van der Waals surface area (Å²) in [4.78, 5) is 25.4. The van der Waals surface area contributed by atoms with Gasteiger partial charge in [-0.05, 0) is 57.3 Å². The number of hydrogen-bond donors (Lipinski definition) is 0. The highest BCUT2D eigenvalue weighted by atomic mass is 16.6. The van der Waals surface area contributed by atoms with Crippen LogP contribution in [0.25, 0.3) is 0 Å². The van der Waals surface area contributed by atoms with Gasteiger partial charge in [-0.3, -0.25) is 4.79 Å². The molecule has 5 heteroatoms. The second kappa shape index (κ2) is 5.74. The predicted octanol–water partition coefficient (Wildman–Crippen LogP) is 3.37. The molecule has 2 aliphatic rings. The normalized spacial score (nSPS) is 22.9. The standard InChI is InChI=1S/C17H29NO4/c1-15(2,3)22-14(20)18-8-6-17(7-9-18)11-16(4,12-17)10-13(19)21-5/h6-12H2,1-5H3. The van der Waals surface area contributed by atoms with Crippen molar-refractivity contribution in [1.29, 1.82) is 0 Å². The molecule has 2 rings (SSSR count). The van der Waals surface area contributed by atoms with Crippen molar-refractivity contribution in [2.24, 2.45) is 10.8 Å². The van der Waals surface area contributed by atoms with Gasteiger partial charge in [0.05, 0.1) is 13.5 Å². The van der Waals surface area contributed by atoms with Crippen molar-refractivity contribution in [3.8, 4) is 0 Å². The Balaban J connectivity index is 1.81. The molecule has 0 aromatic carbocycles. The molecule has 1 saturated carbocycles. The summed E-state index contributed by atoms with van der Waals surface area (Å²) in [6, 6.07) is 0. The van der Waals surface area contributed by atoms with Gasteiger partial charge in [-0.2, -0.15) is 0 Å². The first-order valence-electron chi connectivity index (χ1n) is 8.11. The summed E-state index contributed by atoms with van der Waals surface area (Å²) < 4.78 is 10.2. The number of hydrogen-bond acceptors (Lipinski definition) is 4. The molecule has 0 bridgehead atoms. The van der Waals surface area contributed by atoms with E-state index in [2.05, 4.69) is 6.92 Å². The molecule has 1 spiro atoms. The molecule has 126 valence electrons. The summed E-state index contributed by atoms with van der Waals surface area (Å²) in [6.45, 7) is 9.34. The minimum Gasteiger partial charge on any atom is -0.469 e. The molecule has 1 saturated heterocycles. The number of carbonyl (C=O) groups is 2. The molecule has 1 amide bonds. The predicted molar refractivity (Wildman–Crippen MR) is 83.4 cm³/mol. The van der Waals surface area contributed by atoms with Crippen molar-refractivity contribution in [3.05, 3.63) is 0 Å². The number of methoxy groups -OCH3 is 1. The van der Waals surface area contributed by atoms with Crippen LogP contribution in [-0.2, 0) is 14.3 Å². The summed E-state index contributed by atoms with van der Waals surface area (Å²) in [6.07, 6.45) is 4.40. The molecule has 0 atom stereocenters. The van der Waals surface area contributed by atoms with Gasteiger partial charge in [0, 0.05) is 13.1 Å². The fourth-order valence-electron chi connectivity index (χ4n) is 4.15. The first-order valence-corrected chi connectivity index (χ1v) is 8.11. The van der Waals surface area contributed by atoms with Gasteiger partial charge in [-0.15, -0.1) is 0 Å². The largest absolute Gasteiger partial charge is 0.469 e. The van der Waals surface area contributed by atoms with Crippen molar-refractivity contribution in [1.82, 2.24) is 4.90 Å². The second-order valence-corrected chi connectivity index (χ2v) is 8.38. The highest BCUT2D eigenvalue weighted by molar-refractivity contribution is 5.70. The van der Waals surface area contributed by atoms with E-state index in [1.54, 1.807) is 0 Å². The van der Waals surface area contributed by atoms with Crippen LogP contribution >= 0.6 is 0 Å². The lowest BCUT2D eigenvalue weighted by atomic mass is 9.49. The van der Waals surface area contributed by atoms with Gasteiger partial charge in [-0.1, -0.05) is 6.92 Å². The van der Waals surface area contributed by atoms with Gasteiger partial charge in [-0.25, -0.2) is 4.79 Å². The van der Waals surface area contributed by atoms with Crippen LogP contribution in [0.5, 0.6) is 0 Å². The third kappa shape index (κ3) is 3.93. The maximum atomic E-state index is 12.1. The van der Waals surface area contributed by atoms with Crippen molar-refractivity contribution < 1.29 is 19.1 Å². The van der Waals surface area contributed by atoms with Crippen LogP contribution in [0.1, 0.15) is 59.8 Å². The van der Waals surface area contributed by atoms with E-state index in [0.717, 1.165) is 38.8 Å². The Hall–Kier alpha value is -1.26. The average molecular weight is 311 g/mol. The Kier molecular flexibility index (Phi) is 4.46. The second-order valence-electron chi connectivity index (χ2n) is 8.38. The number of esters is 1. The summed E-state index contributed by atoms with van der Waals surface area (Å²) in [5.74, 6) is -0.122. The summed E-state index contributed by atoms with van der Waals surface area (Å²) >= 11 is 0. The van der Waals surface area contributed by atoms with E-state index in [1.807, 2.05) is 25.7 Å². The zero-order chi connectivity index (χ0) is 16.6. The summed E-state index contributed by atoms with van der Waals surface area (Å²) in [5, 5.41) is 0. The number of rotatable bonds is 2. The third-order valence-electron chi connectivity index (χ3n) is 4.88. The first-order chi connectivity index (χ1) is 10.1. The molecule has 1 aliphatic carbocycles. The number of carbonyl (C=O) groups excluding carboxylic acids is 2. The van der Waals surface area contributed by atoms with Gasteiger partial charge in [0.2, 0.25) is 0 Å². The van der Waals surface area contributed by atoms with E-state index < -0.39 is 5.60 Å². The molecule has 1 aliphatic heterocycles. The van der Waals surface area contributed by atoms with Crippen molar-refractivity contribution >= 4 is 12.1 Å². The Morgan fingerprint density at radius 1 is 1.14 bits per heavy atom. The van der Waals surface area contributed by atoms with Crippen LogP contribution in [-0.4, -0.2) is 42.8 Å². The van der Waals surface area contributed by atoms with E-state index in [9.17, 15) is 9.59 Å². The van der Waals surface area contributed by atoms with Gasteiger partial charge >= 0.3 is 12.1 Å². The van der Waals surface area contributed by atoms with Gasteiger partial charge < -0.3 is 14.4 Å². The molecule has 22 heavy (non-hydrogen) atoms. The summed E-state index contributed by atoms with van der Waals surface area (Å²) in [5.41, 5.74) is -0.0652. The van der Waals surface area contributed by atoms with Crippen LogP contribution in [0.4, 0.5) is 4.79 Å². The zero-order valence-electron chi connectivity index (χ0n) is 14.5. The van der Waals surface area contributed by atoms with Crippen molar-refractivity contribution in [2.75, 3.05) is 20.2 Å². The molecule has 0 aromatic heterocycles. The lowest BCUT2D eigenvalue weighted by Gasteiger charge is -2.57. The number of amides is 1. The van der Waals surface area contributed by atoms with Gasteiger partial charge in [0.15, 0.2) is 0 Å². The van der Waals surface area contributed by atoms with Crippen LogP contribution in [0.2, 0.25) is 0 Å². The minimum absolute atomic E-state index is 0.0706. The van der Waals surface area contributed by atoms with E-state index in [4.69, 9.17) is 9.47 Å². The van der Waals surface area contributed by atoms with E-state index in [1.165, 1.54) is 7.11 Å². The number of ether oxygens (including phenoxy) is 2. The Morgan fingerprint density at radius 3 is 2.14 bits per heavy atom. The fourth-order valence-corrected chi connectivity index (χ4v) is 4.15. The highest BCUT2D eigenvalue weighted by Crippen LogP contribution is 2.61. The summed E-state index contributed by atoms with van der Waals surface area (Å²) in [7, 11) is 1.44. The van der Waals surface area contributed by atoms with E-state index in [0.29, 0.717) is 11.8 Å². The first kappa shape index (κ1) is 17.1. The van der Waals surface area contributed by atoms with E-state index >= 15 is 0 Å². The number of likely N-dealkylation sites (tertiary alicyclic amines) is 1. The van der Waals surface area contributed by atoms with Crippen molar-refractivity contribution in [3.63, 3.8) is 0 Å². The molecule has 0 aromatic rings. The lowest BCUT2D eigenvalue weighted by molar-refractivity contribution is -0.150. The maximum Gasteiger partial charge on any atom is 0.410 e. The highest BCUT2D eigenvalue weighted by Gasteiger charge is 2.53. The van der Waals surface area contributed by atoms with E-state index in [-0.39, 0.29) is 17.5 Å². The molecule has 2 fully saturated rings. The van der Waals surface area contributed by atoms with Crippen LogP contribution in [0, 0.1) is 10.8 Å². The molecular weight excluding hydrogens is 282 g/mol.